The summed E-state index contributed by atoms with van der Waals surface area (Å²) in [6.45, 7) is 4.07. The van der Waals surface area contributed by atoms with Crippen LogP contribution in [0.5, 0.6) is 0 Å². The van der Waals surface area contributed by atoms with Crippen molar-refractivity contribution < 1.29 is 40.2 Å². The number of carbonyl (C=O) groups excluding carboxylic acids is 2. The van der Waals surface area contributed by atoms with Crippen LogP contribution in [0.25, 0.3) is 22.8 Å². The first-order valence-electron chi connectivity index (χ1n) is 16.6. The van der Waals surface area contributed by atoms with E-state index in [1.54, 1.807) is 43.4 Å². The van der Waals surface area contributed by atoms with Gasteiger partial charge in [0.15, 0.2) is 0 Å². The second-order valence-corrected chi connectivity index (χ2v) is 14.8. The van der Waals surface area contributed by atoms with Crippen molar-refractivity contribution in [3.05, 3.63) is 118 Å². The highest BCUT2D eigenvalue weighted by molar-refractivity contribution is 7.85. The highest BCUT2D eigenvalue weighted by Gasteiger charge is 2.33. The third-order valence-corrected chi connectivity index (χ3v) is 9.12. The molecule has 1 atom stereocenters. The molecule has 2 aromatic heterocycles. The van der Waals surface area contributed by atoms with Crippen molar-refractivity contribution in [3.63, 3.8) is 0 Å². The molecular weight excluding hydrogens is 742 g/mol. The molecule has 0 fully saturated rings. The average Bonchev–Trinajstić information content (AvgIpc) is 3.71. The fraction of sp³-hybridized carbons (Fsp3) is 0.270. The maximum atomic E-state index is 14.0. The predicted octanol–water partition coefficient (Wildman–Crippen LogP) is 4.39. The van der Waals surface area contributed by atoms with Gasteiger partial charge in [0.2, 0.25) is 5.91 Å². The molecule has 0 saturated heterocycles. The van der Waals surface area contributed by atoms with E-state index >= 15 is 0 Å². The lowest BCUT2D eigenvalue weighted by Gasteiger charge is -2.28. The molecule has 14 nitrogen and oxygen atoms in total. The number of carbonyl (C=O) groups is 2. The van der Waals surface area contributed by atoms with Gasteiger partial charge in [-0.1, -0.05) is 24.3 Å². The van der Waals surface area contributed by atoms with Crippen molar-refractivity contribution in [2.45, 2.75) is 31.0 Å². The van der Waals surface area contributed by atoms with Crippen LogP contribution < -0.4 is 11.0 Å². The van der Waals surface area contributed by atoms with Crippen molar-refractivity contribution in [2.24, 2.45) is 0 Å². The first kappa shape index (κ1) is 41.7. The topological polar surface area (TPSA) is 175 Å². The number of halogens is 3. The van der Waals surface area contributed by atoms with E-state index in [0.29, 0.717) is 28.8 Å². The van der Waals surface area contributed by atoms with Gasteiger partial charge in [0.1, 0.15) is 21.9 Å². The normalized spacial score (nSPS) is 12.2. The highest BCUT2D eigenvalue weighted by Crippen LogP contribution is 2.32. The third kappa shape index (κ3) is 10.1. The van der Waals surface area contributed by atoms with E-state index < -0.39 is 39.6 Å². The summed E-state index contributed by atoms with van der Waals surface area (Å²) < 4.78 is 75.5. The molecule has 0 aliphatic carbocycles. The van der Waals surface area contributed by atoms with Gasteiger partial charge in [-0.15, -0.1) is 0 Å². The van der Waals surface area contributed by atoms with Crippen molar-refractivity contribution in [3.8, 4) is 28.8 Å². The smallest absolute Gasteiger partial charge is 0.416 e. The van der Waals surface area contributed by atoms with Gasteiger partial charge < -0.3 is 19.3 Å². The maximum Gasteiger partial charge on any atom is 0.416 e. The zero-order valence-electron chi connectivity index (χ0n) is 30.8. The number of hydrogen-bond acceptors (Lipinski definition) is 8. The van der Waals surface area contributed by atoms with Gasteiger partial charge in [0.05, 0.1) is 85.3 Å². The monoisotopic (exact) mass is 780 g/mol. The van der Waals surface area contributed by atoms with Crippen LogP contribution in [0.15, 0.2) is 101 Å². The largest absolute Gasteiger partial charge is 0.744 e. The molecule has 5 rings (SSSR count). The molecule has 5 aromatic rings. The Balaban J connectivity index is 0.000000583. The van der Waals surface area contributed by atoms with E-state index in [1.807, 2.05) is 27.2 Å². The number of aromatic nitrogens is 4. The van der Waals surface area contributed by atoms with Crippen molar-refractivity contribution in [2.75, 3.05) is 41.3 Å². The molecule has 18 heteroatoms. The van der Waals surface area contributed by atoms with E-state index in [1.165, 1.54) is 66.0 Å². The van der Waals surface area contributed by atoms with Crippen molar-refractivity contribution in [1.29, 1.82) is 5.26 Å². The summed E-state index contributed by atoms with van der Waals surface area (Å²) in [7, 11) is 3.31. The lowest BCUT2D eigenvalue weighted by molar-refractivity contribution is -0.869. The fourth-order valence-electron chi connectivity index (χ4n) is 5.38. The Bertz CT molecular complexity index is 2370. The molecule has 0 aliphatic heterocycles. The van der Waals surface area contributed by atoms with E-state index in [2.05, 4.69) is 10.4 Å². The number of amides is 2. The second-order valence-electron chi connectivity index (χ2n) is 13.4. The molecule has 290 valence electrons. The lowest BCUT2D eigenvalue weighted by atomic mass is 10.2. The first-order valence-corrected chi connectivity index (χ1v) is 18.0. The van der Waals surface area contributed by atoms with Gasteiger partial charge in [-0.05, 0) is 74.5 Å². The number of alkyl halides is 3. The average molecular weight is 781 g/mol. The van der Waals surface area contributed by atoms with Crippen LogP contribution in [0.4, 0.5) is 18.0 Å². The van der Waals surface area contributed by atoms with Crippen LogP contribution >= 0.6 is 0 Å². The number of likely N-dealkylation sites (N-methyl/N-ethyl adjacent to an activating group) is 2. The fourth-order valence-corrected chi connectivity index (χ4v) is 5.87. The Labute approximate surface area is 315 Å². The summed E-state index contributed by atoms with van der Waals surface area (Å²) >= 11 is 0. The van der Waals surface area contributed by atoms with Gasteiger partial charge in [0.25, 0.3) is 0 Å². The standard InChI is InChI=1S/C31H33F3N8O3.C6H6O3S/c1-20(28(43)38(3)16-17-42(4,5)6)37-29(44)40-27(26-14-15-36-41(26)24-12-10-22(19-35)11-13-24)21(2)39(30(40)45)25-9-7-8-23(18-25)31(32,33)34;7-10(8,9)6-4-2-1-3-5-6/h7-15,18,20H,16-17H2,1-6H3;1-5H,(H,7,8,9)/t20-;/m0./s1. The molecular formula is C37H39F3N8O6S. The zero-order valence-corrected chi connectivity index (χ0v) is 31.6. The zero-order chi connectivity index (χ0) is 40.9. The quantitative estimate of drug-likeness (QED) is 0.169. The number of nitrogens with zero attached hydrogens (tertiary/aromatic N) is 7. The summed E-state index contributed by atoms with van der Waals surface area (Å²) in [6.07, 6.45) is -3.23. The van der Waals surface area contributed by atoms with Crippen LogP contribution in [0.2, 0.25) is 0 Å². The predicted molar refractivity (Wildman–Crippen MR) is 195 cm³/mol. The molecule has 0 radical (unpaired) electrons. The van der Waals surface area contributed by atoms with Crippen LogP contribution in [0.3, 0.4) is 0 Å². The third-order valence-electron chi connectivity index (χ3n) is 8.27. The molecule has 0 spiro atoms. The lowest BCUT2D eigenvalue weighted by Crippen LogP contribution is -2.50. The van der Waals surface area contributed by atoms with Crippen LogP contribution in [-0.2, 0) is 21.1 Å². The highest BCUT2D eigenvalue weighted by atomic mass is 32.2. The summed E-state index contributed by atoms with van der Waals surface area (Å²) in [6, 6.07) is 19.4. The molecule has 2 amide bonds. The maximum absolute atomic E-state index is 14.0. The number of imidazole rings is 1. The molecule has 1 N–H and O–H groups in total. The molecule has 3 aromatic carbocycles. The Hall–Kier alpha value is -6.03. The Morgan fingerprint density at radius 3 is 2.18 bits per heavy atom. The molecule has 0 aliphatic rings. The second kappa shape index (κ2) is 16.5. The van der Waals surface area contributed by atoms with E-state index in [-0.39, 0.29) is 33.6 Å². The number of nitrogens with one attached hydrogen (secondary N) is 1. The number of benzene rings is 3. The van der Waals surface area contributed by atoms with Gasteiger partial charge >= 0.3 is 17.9 Å². The SMILES string of the molecule is Cc1c(-c2ccnn2-c2ccc(C#N)cc2)n(C(=O)N[C@@H](C)C(=O)N(C)CC[N+](C)(C)C)c(=O)n1-c1cccc(C(F)(F)F)c1.O=S(=O)([O-])c1ccccc1. The minimum absolute atomic E-state index is 0.0507. The van der Waals surface area contributed by atoms with Crippen LogP contribution in [0, 0.1) is 18.3 Å². The van der Waals surface area contributed by atoms with Crippen LogP contribution in [-0.4, -0.2) is 101 Å². The molecule has 0 saturated carbocycles. The Kier molecular flexibility index (Phi) is 12.6. The van der Waals surface area contributed by atoms with Crippen molar-refractivity contribution in [1.82, 2.24) is 29.1 Å². The number of hydrogen-bond donors (Lipinski definition) is 1. The first-order chi connectivity index (χ1) is 25.6. The molecule has 2 heterocycles. The Morgan fingerprint density at radius 2 is 1.64 bits per heavy atom. The summed E-state index contributed by atoms with van der Waals surface area (Å²) in [5, 5.41) is 16.1. The number of nitriles is 1. The summed E-state index contributed by atoms with van der Waals surface area (Å²) in [4.78, 5) is 42.2. The molecule has 0 unspecified atom stereocenters. The number of rotatable bonds is 9. The number of quaternary nitrogens is 1. The van der Waals surface area contributed by atoms with E-state index in [9.17, 15) is 45.8 Å². The van der Waals surface area contributed by atoms with Gasteiger partial charge in [-0.3, -0.25) is 9.36 Å². The molecule has 0 bridgehead atoms. The van der Waals surface area contributed by atoms with E-state index in [0.717, 1.165) is 21.3 Å². The van der Waals surface area contributed by atoms with Crippen LogP contribution in [0.1, 0.15) is 23.7 Å². The van der Waals surface area contributed by atoms with Gasteiger partial charge in [-0.25, -0.2) is 27.3 Å². The molecule has 55 heavy (non-hydrogen) atoms. The Morgan fingerprint density at radius 1 is 1.00 bits per heavy atom. The van der Waals surface area contributed by atoms with E-state index in [4.69, 9.17) is 0 Å². The minimum atomic E-state index is -4.67. The minimum Gasteiger partial charge on any atom is -0.744 e. The summed E-state index contributed by atoms with van der Waals surface area (Å²) in [5.41, 5.74) is -0.627. The van der Waals surface area contributed by atoms with Crippen molar-refractivity contribution >= 4 is 22.1 Å². The summed E-state index contributed by atoms with van der Waals surface area (Å²) in [5.74, 6) is -0.386. The van der Waals surface area contributed by atoms with Gasteiger partial charge in [-0.2, -0.15) is 23.5 Å². The van der Waals surface area contributed by atoms with Gasteiger partial charge in [0, 0.05) is 7.05 Å².